The van der Waals surface area contributed by atoms with Crippen molar-refractivity contribution in [3.05, 3.63) is 47.4 Å². The first-order valence-corrected chi connectivity index (χ1v) is 9.47. The van der Waals surface area contributed by atoms with Crippen molar-refractivity contribution in [3.8, 4) is 5.75 Å². The third-order valence-corrected chi connectivity index (χ3v) is 5.24. The highest BCUT2D eigenvalue weighted by Gasteiger charge is 2.19. The van der Waals surface area contributed by atoms with Crippen LogP contribution in [-0.2, 0) is 13.0 Å². The van der Waals surface area contributed by atoms with E-state index in [1.54, 1.807) is 6.33 Å². The average Bonchev–Trinajstić information content (AvgIpc) is 2.86. The number of hydrogen-bond acceptors (Lipinski definition) is 6. The van der Waals surface area contributed by atoms with Crippen LogP contribution in [0.1, 0.15) is 36.1 Å². The quantitative estimate of drug-likeness (QED) is 0.803. The Morgan fingerprint density at radius 3 is 2.92 bits per heavy atom. The Balaban J connectivity index is 1.36. The minimum atomic E-state index is -0.106. The van der Waals surface area contributed by atoms with Gasteiger partial charge in [0.2, 0.25) is 0 Å². The Kier molecular flexibility index (Phi) is 5.32. The molecule has 26 heavy (non-hydrogen) atoms. The summed E-state index contributed by atoms with van der Waals surface area (Å²) in [5, 5.41) is 13.1. The van der Waals surface area contributed by atoms with Crippen molar-refractivity contribution in [2.45, 2.75) is 38.4 Å². The third kappa shape index (κ3) is 3.97. The van der Waals surface area contributed by atoms with Crippen molar-refractivity contribution in [2.24, 2.45) is 0 Å². The standard InChI is InChI=1S/C20H26N4O2/c25-16-6-10-24(11-7-16)9-3-8-21-20-17-12-15-4-1-2-5-19(15)26-13-18(17)22-14-23-20/h1-2,4-5,14,16,25H,3,6-13H2,(H,21,22,23). The second-order valence-electron chi connectivity index (χ2n) is 7.07. The van der Waals surface area contributed by atoms with Crippen LogP contribution in [0.2, 0.25) is 0 Å². The molecule has 6 heteroatoms. The van der Waals surface area contributed by atoms with E-state index in [4.69, 9.17) is 4.74 Å². The topological polar surface area (TPSA) is 70.5 Å². The Labute approximate surface area is 154 Å². The van der Waals surface area contributed by atoms with Gasteiger partial charge in [-0.1, -0.05) is 18.2 Å². The van der Waals surface area contributed by atoms with Crippen LogP contribution in [0.15, 0.2) is 30.6 Å². The fourth-order valence-corrected chi connectivity index (χ4v) is 3.69. The molecule has 0 spiro atoms. The van der Waals surface area contributed by atoms with Crippen LogP contribution in [0, 0.1) is 0 Å². The summed E-state index contributed by atoms with van der Waals surface area (Å²) >= 11 is 0. The number of piperidine rings is 1. The molecule has 6 nitrogen and oxygen atoms in total. The largest absolute Gasteiger partial charge is 0.487 e. The first kappa shape index (κ1) is 17.2. The van der Waals surface area contributed by atoms with Crippen molar-refractivity contribution >= 4 is 5.82 Å². The normalized spacial score (nSPS) is 17.7. The molecule has 1 aromatic heterocycles. The van der Waals surface area contributed by atoms with E-state index in [1.165, 1.54) is 5.56 Å². The molecule has 2 aromatic rings. The number of rotatable bonds is 5. The lowest BCUT2D eigenvalue weighted by Gasteiger charge is -2.29. The summed E-state index contributed by atoms with van der Waals surface area (Å²) in [6, 6.07) is 8.15. The summed E-state index contributed by atoms with van der Waals surface area (Å²) in [5.41, 5.74) is 3.28. The molecule has 2 aliphatic heterocycles. The first-order chi connectivity index (χ1) is 12.8. The van der Waals surface area contributed by atoms with Gasteiger partial charge in [0.1, 0.15) is 24.5 Å². The fourth-order valence-electron chi connectivity index (χ4n) is 3.69. The van der Waals surface area contributed by atoms with Crippen molar-refractivity contribution in [3.63, 3.8) is 0 Å². The molecule has 2 N–H and O–H groups in total. The maximum absolute atomic E-state index is 9.59. The van der Waals surface area contributed by atoms with Crippen molar-refractivity contribution in [1.29, 1.82) is 0 Å². The molecule has 0 atom stereocenters. The Morgan fingerprint density at radius 1 is 1.19 bits per heavy atom. The average molecular weight is 354 g/mol. The molecule has 0 unspecified atom stereocenters. The number of aromatic nitrogens is 2. The van der Waals surface area contributed by atoms with E-state index in [0.29, 0.717) is 6.61 Å². The first-order valence-electron chi connectivity index (χ1n) is 9.47. The van der Waals surface area contributed by atoms with Gasteiger partial charge in [-0.15, -0.1) is 0 Å². The van der Waals surface area contributed by atoms with Crippen LogP contribution in [0.4, 0.5) is 5.82 Å². The summed E-state index contributed by atoms with van der Waals surface area (Å²) < 4.78 is 5.90. The molecule has 3 heterocycles. The summed E-state index contributed by atoms with van der Waals surface area (Å²) in [5.74, 6) is 1.85. The maximum Gasteiger partial charge on any atom is 0.133 e. The number of nitrogens with zero attached hydrogens (tertiary/aromatic N) is 3. The van der Waals surface area contributed by atoms with Crippen molar-refractivity contribution < 1.29 is 9.84 Å². The van der Waals surface area contributed by atoms with E-state index < -0.39 is 0 Å². The lowest BCUT2D eigenvalue weighted by atomic mass is 10.0. The minimum absolute atomic E-state index is 0.106. The minimum Gasteiger partial charge on any atom is -0.487 e. The molecule has 2 aliphatic rings. The zero-order valence-electron chi connectivity index (χ0n) is 15.0. The number of aliphatic hydroxyl groups is 1. The summed E-state index contributed by atoms with van der Waals surface area (Å²) in [7, 11) is 0. The van der Waals surface area contributed by atoms with Gasteiger partial charge in [0.05, 0.1) is 11.8 Å². The highest BCUT2D eigenvalue weighted by molar-refractivity contribution is 5.51. The zero-order valence-corrected chi connectivity index (χ0v) is 15.0. The van der Waals surface area contributed by atoms with Gasteiger partial charge in [-0.2, -0.15) is 0 Å². The monoisotopic (exact) mass is 354 g/mol. The molecule has 0 amide bonds. The van der Waals surface area contributed by atoms with Crippen molar-refractivity contribution in [2.75, 3.05) is 31.5 Å². The van der Waals surface area contributed by atoms with Gasteiger partial charge in [-0.3, -0.25) is 0 Å². The fraction of sp³-hybridized carbons (Fsp3) is 0.500. The van der Waals surface area contributed by atoms with E-state index in [9.17, 15) is 5.11 Å². The molecule has 0 radical (unpaired) electrons. The number of anilines is 1. The smallest absolute Gasteiger partial charge is 0.133 e. The number of likely N-dealkylation sites (tertiary alicyclic amines) is 1. The molecule has 1 fully saturated rings. The van der Waals surface area contributed by atoms with Crippen LogP contribution < -0.4 is 10.1 Å². The van der Waals surface area contributed by atoms with Gasteiger partial charge in [0, 0.05) is 31.6 Å². The van der Waals surface area contributed by atoms with Gasteiger partial charge in [-0.05, 0) is 37.4 Å². The summed E-state index contributed by atoms with van der Waals surface area (Å²) in [6.07, 6.45) is 5.15. The van der Waals surface area contributed by atoms with E-state index >= 15 is 0 Å². The number of fused-ring (bicyclic) bond motifs is 2. The SMILES string of the molecule is OC1CCN(CCCNc2ncnc3c2Cc2ccccc2OC3)CC1. The highest BCUT2D eigenvalue weighted by atomic mass is 16.5. The van der Waals surface area contributed by atoms with Gasteiger partial charge in [-0.25, -0.2) is 9.97 Å². The summed E-state index contributed by atoms with van der Waals surface area (Å²) in [4.78, 5) is 11.3. The van der Waals surface area contributed by atoms with E-state index in [-0.39, 0.29) is 6.10 Å². The lowest BCUT2D eigenvalue weighted by molar-refractivity contribution is 0.0825. The highest BCUT2D eigenvalue weighted by Crippen LogP contribution is 2.30. The Hall–Kier alpha value is -2.18. The number of ether oxygens (including phenoxy) is 1. The molecule has 0 bridgehead atoms. The molecule has 0 aliphatic carbocycles. The number of benzene rings is 1. The molecule has 0 saturated carbocycles. The molecule has 1 aromatic carbocycles. The number of para-hydroxylation sites is 1. The molecular weight excluding hydrogens is 328 g/mol. The predicted octanol–water partition coefficient (Wildman–Crippen LogP) is 2.22. The van der Waals surface area contributed by atoms with Crippen molar-refractivity contribution in [1.82, 2.24) is 14.9 Å². The predicted molar refractivity (Wildman–Crippen MR) is 100 cm³/mol. The Morgan fingerprint density at radius 2 is 2.04 bits per heavy atom. The second-order valence-corrected chi connectivity index (χ2v) is 7.07. The van der Waals surface area contributed by atoms with Crippen LogP contribution in [0.3, 0.4) is 0 Å². The van der Waals surface area contributed by atoms with E-state index in [0.717, 1.165) is 74.7 Å². The van der Waals surface area contributed by atoms with Crippen LogP contribution >= 0.6 is 0 Å². The van der Waals surface area contributed by atoms with Crippen LogP contribution in [0.5, 0.6) is 5.75 Å². The zero-order chi connectivity index (χ0) is 17.8. The van der Waals surface area contributed by atoms with Gasteiger partial charge in [0.25, 0.3) is 0 Å². The molecule has 138 valence electrons. The van der Waals surface area contributed by atoms with E-state index in [2.05, 4.69) is 26.3 Å². The Bertz CT molecular complexity index is 744. The molecule has 4 rings (SSSR count). The number of nitrogens with one attached hydrogen (secondary N) is 1. The van der Waals surface area contributed by atoms with Gasteiger partial charge < -0.3 is 20.1 Å². The molecule has 1 saturated heterocycles. The number of aliphatic hydroxyl groups excluding tert-OH is 1. The summed E-state index contributed by atoms with van der Waals surface area (Å²) in [6.45, 7) is 4.42. The van der Waals surface area contributed by atoms with Gasteiger partial charge in [0.15, 0.2) is 0 Å². The lowest BCUT2D eigenvalue weighted by Crippen LogP contribution is -2.36. The third-order valence-electron chi connectivity index (χ3n) is 5.24. The number of hydrogen-bond donors (Lipinski definition) is 2. The van der Waals surface area contributed by atoms with Gasteiger partial charge >= 0.3 is 0 Å². The maximum atomic E-state index is 9.59. The molecular formula is C20H26N4O2. The van der Waals surface area contributed by atoms with E-state index in [1.807, 2.05) is 18.2 Å². The van der Waals surface area contributed by atoms with Crippen LogP contribution in [-0.4, -0.2) is 52.3 Å². The van der Waals surface area contributed by atoms with Crippen LogP contribution in [0.25, 0.3) is 0 Å². The second kappa shape index (κ2) is 8.01.